The van der Waals surface area contributed by atoms with Crippen molar-refractivity contribution in [1.29, 1.82) is 5.26 Å². The van der Waals surface area contributed by atoms with E-state index in [2.05, 4.69) is 11.1 Å². The van der Waals surface area contributed by atoms with Gasteiger partial charge in [0.1, 0.15) is 10.8 Å². The molecule has 0 amide bonds. The minimum atomic E-state index is -0.776. The summed E-state index contributed by atoms with van der Waals surface area (Å²) in [6.45, 7) is 3.59. The number of hydrogen-bond donors (Lipinski definition) is 0. The summed E-state index contributed by atoms with van der Waals surface area (Å²) >= 11 is 1.35. The lowest BCUT2D eigenvalue weighted by atomic mass is 9.97. The Morgan fingerprint density at radius 1 is 1.33 bits per heavy atom. The normalized spacial score (nSPS) is 12.0. The summed E-state index contributed by atoms with van der Waals surface area (Å²) in [5.41, 5.74) is 1.71. The van der Waals surface area contributed by atoms with E-state index in [0.717, 1.165) is 17.0 Å². The molecule has 0 N–H and O–H groups in total. The lowest BCUT2D eigenvalue weighted by Gasteiger charge is -2.07. The van der Waals surface area contributed by atoms with Crippen LogP contribution in [-0.4, -0.2) is 17.9 Å². The number of Topliss-reactive ketones (excluding diaryl/α,β-unsaturated/α-hetero) is 1. The number of carbonyl (C=O) groups is 1. The lowest BCUT2D eigenvalue weighted by molar-refractivity contribution is -0.122. The molecular weight excluding hydrogens is 284 g/mol. The summed E-state index contributed by atoms with van der Waals surface area (Å²) in [7, 11) is 1.62. The number of thiazole rings is 1. The van der Waals surface area contributed by atoms with Crippen molar-refractivity contribution in [2.24, 2.45) is 5.92 Å². The minimum Gasteiger partial charge on any atom is -0.497 e. The van der Waals surface area contributed by atoms with E-state index in [0.29, 0.717) is 5.01 Å². The maximum absolute atomic E-state index is 12.0. The monoisotopic (exact) mass is 300 g/mol. The highest BCUT2D eigenvalue weighted by molar-refractivity contribution is 7.10. The summed E-state index contributed by atoms with van der Waals surface area (Å²) in [6, 6.07) is 9.59. The van der Waals surface area contributed by atoms with Gasteiger partial charge < -0.3 is 4.74 Å². The first-order valence-electron chi connectivity index (χ1n) is 6.60. The Morgan fingerprint density at radius 2 is 2.00 bits per heavy atom. The van der Waals surface area contributed by atoms with Crippen LogP contribution >= 0.6 is 11.3 Å². The Balaban J connectivity index is 2.28. The van der Waals surface area contributed by atoms with Crippen LogP contribution < -0.4 is 4.74 Å². The SMILES string of the molecule is COc1ccc(-c2csc([C@H](C#N)C(=O)C(C)C)n2)cc1. The average Bonchev–Trinajstić information content (AvgIpc) is 2.97. The molecule has 0 fully saturated rings. The number of ketones is 1. The first-order chi connectivity index (χ1) is 10.1. The zero-order chi connectivity index (χ0) is 15.4. The highest BCUT2D eigenvalue weighted by Crippen LogP contribution is 2.29. The third kappa shape index (κ3) is 3.29. The molecule has 108 valence electrons. The molecule has 0 aliphatic rings. The average molecular weight is 300 g/mol. The summed E-state index contributed by atoms with van der Waals surface area (Å²) in [5.74, 6) is -0.266. The molecule has 0 saturated carbocycles. The van der Waals surface area contributed by atoms with E-state index < -0.39 is 5.92 Å². The molecule has 0 aliphatic heterocycles. The summed E-state index contributed by atoms with van der Waals surface area (Å²) in [4.78, 5) is 16.5. The molecule has 0 aliphatic carbocycles. The molecule has 5 heteroatoms. The van der Waals surface area contributed by atoms with E-state index >= 15 is 0 Å². The number of nitriles is 1. The Kier molecular flexibility index (Phi) is 4.71. The quantitative estimate of drug-likeness (QED) is 0.845. The third-order valence-corrected chi connectivity index (χ3v) is 4.05. The number of rotatable bonds is 5. The van der Waals surface area contributed by atoms with Gasteiger partial charge >= 0.3 is 0 Å². The zero-order valence-corrected chi connectivity index (χ0v) is 13.0. The molecule has 2 aromatic rings. The van der Waals surface area contributed by atoms with Crippen molar-refractivity contribution in [2.75, 3.05) is 7.11 Å². The molecular formula is C16H16N2O2S. The number of benzene rings is 1. The van der Waals surface area contributed by atoms with Crippen LogP contribution in [0.25, 0.3) is 11.3 Å². The van der Waals surface area contributed by atoms with Gasteiger partial charge in [0.15, 0.2) is 11.7 Å². The third-order valence-electron chi connectivity index (χ3n) is 3.14. The van der Waals surface area contributed by atoms with Crippen molar-refractivity contribution in [1.82, 2.24) is 4.98 Å². The van der Waals surface area contributed by atoms with E-state index in [4.69, 9.17) is 4.74 Å². The van der Waals surface area contributed by atoms with Crippen LogP contribution in [0, 0.1) is 17.2 Å². The number of hydrogen-bond acceptors (Lipinski definition) is 5. The maximum atomic E-state index is 12.0. The van der Waals surface area contributed by atoms with Crippen molar-refractivity contribution in [3.63, 3.8) is 0 Å². The second kappa shape index (κ2) is 6.51. The molecule has 4 nitrogen and oxygen atoms in total. The van der Waals surface area contributed by atoms with Crippen LogP contribution in [0.1, 0.15) is 24.8 Å². The molecule has 1 aromatic heterocycles. The topological polar surface area (TPSA) is 63.0 Å². The molecule has 0 unspecified atom stereocenters. The van der Waals surface area contributed by atoms with Gasteiger partial charge in [0.2, 0.25) is 0 Å². The zero-order valence-electron chi connectivity index (χ0n) is 12.2. The van der Waals surface area contributed by atoms with E-state index in [1.54, 1.807) is 21.0 Å². The van der Waals surface area contributed by atoms with E-state index in [-0.39, 0.29) is 11.7 Å². The van der Waals surface area contributed by atoms with Gasteiger partial charge in [0.25, 0.3) is 0 Å². The predicted molar refractivity (Wildman–Crippen MR) is 82.3 cm³/mol. The fourth-order valence-corrected chi connectivity index (χ4v) is 2.77. The molecule has 1 heterocycles. The number of ether oxygens (including phenoxy) is 1. The van der Waals surface area contributed by atoms with Crippen LogP contribution in [-0.2, 0) is 4.79 Å². The summed E-state index contributed by atoms with van der Waals surface area (Å²) < 4.78 is 5.12. The molecule has 1 aromatic carbocycles. The number of aromatic nitrogens is 1. The first kappa shape index (κ1) is 15.2. The maximum Gasteiger partial charge on any atom is 0.159 e. The van der Waals surface area contributed by atoms with Gasteiger partial charge in [0, 0.05) is 16.9 Å². The van der Waals surface area contributed by atoms with Crippen LogP contribution in [0.3, 0.4) is 0 Å². The molecule has 0 bridgehead atoms. The van der Waals surface area contributed by atoms with Crippen molar-refractivity contribution < 1.29 is 9.53 Å². The first-order valence-corrected chi connectivity index (χ1v) is 7.48. The van der Waals surface area contributed by atoms with Gasteiger partial charge in [-0.05, 0) is 24.3 Å². The van der Waals surface area contributed by atoms with Crippen LogP contribution in [0.2, 0.25) is 0 Å². The van der Waals surface area contributed by atoms with E-state index in [1.165, 1.54) is 11.3 Å². The van der Waals surface area contributed by atoms with Gasteiger partial charge in [-0.25, -0.2) is 4.98 Å². The van der Waals surface area contributed by atoms with Gasteiger partial charge in [-0.1, -0.05) is 13.8 Å². The van der Waals surface area contributed by atoms with Gasteiger partial charge in [0.05, 0.1) is 18.9 Å². The second-order valence-corrected chi connectivity index (χ2v) is 5.81. The van der Waals surface area contributed by atoms with Gasteiger partial charge in [-0.2, -0.15) is 5.26 Å². The molecule has 2 rings (SSSR count). The van der Waals surface area contributed by atoms with Crippen LogP contribution in [0.15, 0.2) is 29.6 Å². The Hall–Kier alpha value is -2.19. The van der Waals surface area contributed by atoms with E-state index in [1.807, 2.05) is 29.6 Å². The Morgan fingerprint density at radius 3 is 2.52 bits per heavy atom. The van der Waals surface area contributed by atoms with Crippen LogP contribution in [0.4, 0.5) is 0 Å². The number of nitrogens with zero attached hydrogens (tertiary/aromatic N) is 2. The van der Waals surface area contributed by atoms with Crippen molar-refractivity contribution in [3.05, 3.63) is 34.7 Å². The Bertz CT molecular complexity index is 668. The lowest BCUT2D eigenvalue weighted by Crippen LogP contribution is -2.16. The molecule has 0 saturated heterocycles. The number of methoxy groups -OCH3 is 1. The van der Waals surface area contributed by atoms with Crippen molar-refractivity contribution in [3.8, 4) is 23.1 Å². The van der Waals surface area contributed by atoms with Crippen LogP contribution in [0.5, 0.6) is 5.75 Å². The van der Waals surface area contributed by atoms with Crippen molar-refractivity contribution >= 4 is 17.1 Å². The molecule has 0 spiro atoms. The van der Waals surface area contributed by atoms with Gasteiger partial charge in [-0.15, -0.1) is 11.3 Å². The smallest absolute Gasteiger partial charge is 0.159 e. The Labute approximate surface area is 128 Å². The molecule has 1 atom stereocenters. The highest BCUT2D eigenvalue weighted by atomic mass is 32.1. The minimum absolute atomic E-state index is 0.0897. The largest absolute Gasteiger partial charge is 0.497 e. The standard InChI is InChI=1S/C16H16N2O2S/c1-10(2)15(19)13(8-17)16-18-14(9-21-16)11-4-6-12(20-3)7-5-11/h4-7,9-10,13H,1-3H3/t13-/m1/s1. The van der Waals surface area contributed by atoms with Crippen molar-refractivity contribution in [2.45, 2.75) is 19.8 Å². The summed E-state index contributed by atoms with van der Waals surface area (Å²) in [5, 5.41) is 11.7. The second-order valence-electron chi connectivity index (χ2n) is 4.92. The fraction of sp³-hybridized carbons (Fsp3) is 0.312. The highest BCUT2D eigenvalue weighted by Gasteiger charge is 2.25. The summed E-state index contributed by atoms with van der Waals surface area (Å²) in [6.07, 6.45) is 0. The van der Waals surface area contributed by atoms with Gasteiger partial charge in [-0.3, -0.25) is 4.79 Å². The molecule has 21 heavy (non-hydrogen) atoms. The fourth-order valence-electron chi connectivity index (χ4n) is 1.89. The number of carbonyl (C=O) groups excluding carboxylic acids is 1. The predicted octanol–water partition coefficient (Wildman–Crippen LogP) is 3.65. The van der Waals surface area contributed by atoms with E-state index in [9.17, 15) is 10.1 Å². The molecule has 0 radical (unpaired) electrons.